The molecule has 18 heavy (non-hydrogen) atoms. The Kier molecular flexibility index (Phi) is 4.05. The Hall–Kier alpha value is -0.500. The molecular weight excluding hydrogens is 286 g/mol. The maximum absolute atomic E-state index is 3.73. The zero-order valence-corrected chi connectivity index (χ0v) is 13.5. The molecule has 0 aromatic heterocycles. The number of benzene rings is 1. The van der Waals surface area contributed by atoms with Crippen LogP contribution in [-0.4, -0.2) is 6.04 Å². The Balaban J connectivity index is 2.08. The SMILES string of the molecule is Cc1cccc(NC2CCC(C)(C)CC2C)c1Br. The fourth-order valence-corrected chi connectivity index (χ4v) is 3.50. The topological polar surface area (TPSA) is 12.0 Å². The molecule has 2 rings (SSSR count). The van der Waals surface area contributed by atoms with Gasteiger partial charge in [0, 0.05) is 16.2 Å². The minimum atomic E-state index is 0.515. The molecule has 1 saturated carbocycles. The fraction of sp³-hybridized carbons (Fsp3) is 0.625. The Morgan fingerprint density at radius 3 is 2.72 bits per heavy atom. The monoisotopic (exact) mass is 309 g/mol. The number of nitrogens with one attached hydrogen (secondary N) is 1. The third-order valence-corrected chi connectivity index (χ3v) is 5.28. The zero-order valence-electron chi connectivity index (χ0n) is 11.9. The lowest BCUT2D eigenvalue weighted by Crippen LogP contribution is -2.36. The summed E-state index contributed by atoms with van der Waals surface area (Å²) >= 11 is 3.69. The van der Waals surface area contributed by atoms with Crippen molar-refractivity contribution in [2.24, 2.45) is 11.3 Å². The van der Waals surface area contributed by atoms with Crippen LogP contribution in [0.15, 0.2) is 22.7 Å². The highest BCUT2D eigenvalue weighted by Gasteiger charge is 2.32. The Morgan fingerprint density at radius 2 is 2.06 bits per heavy atom. The summed E-state index contributed by atoms with van der Waals surface area (Å²) in [5.41, 5.74) is 3.05. The van der Waals surface area contributed by atoms with Gasteiger partial charge in [0.05, 0.1) is 0 Å². The minimum Gasteiger partial charge on any atom is -0.381 e. The van der Waals surface area contributed by atoms with Gasteiger partial charge in [-0.2, -0.15) is 0 Å². The number of hydrogen-bond acceptors (Lipinski definition) is 1. The molecule has 2 unspecified atom stereocenters. The van der Waals surface area contributed by atoms with Crippen molar-refractivity contribution in [3.05, 3.63) is 28.2 Å². The summed E-state index contributed by atoms with van der Waals surface area (Å²) in [4.78, 5) is 0. The number of hydrogen-bond donors (Lipinski definition) is 1. The van der Waals surface area contributed by atoms with Gasteiger partial charge in [0.15, 0.2) is 0 Å². The van der Waals surface area contributed by atoms with Gasteiger partial charge in [-0.05, 0) is 65.1 Å². The quantitative estimate of drug-likeness (QED) is 0.773. The molecule has 1 fully saturated rings. The average Bonchev–Trinajstić information content (AvgIpc) is 2.27. The lowest BCUT2D eigenvalue weighted by atomic mass is 9.70. The third-order valence-electron chi connectivity index (χ3n) is 4.23. The predicted molar refractivity (Wildman–Crippen MR) is 83.1 cm³/mol. The Labute approximate surface area is 119 Å². The number of anilines is 1. The second-order valence-electron chi connectivity index (χ2n) is 6.57. The molecule has 1 aromatic rings. The van der Waals surface area contributed by atoms with Crippen molar-refractivity contribution >= 4 is 21.6 Å². The lowest BCUT2D eigenvalue weighted by molar-refractivity contribution is 0.177. The van der Waals surface area contributed by atoms with E-state index in [1.54, 1.807) is 0 Å². The van der Waals surface area contributed by atoms with Crippen molar-refractivity contribution < 1.29 is 0 Å². The zero-order chi connectivity index (χ0) is 13.3. The molecule has 1 aliphatic rings. The van der Waals surface area contributed by atoms with Crippen LogP contribution in [0.4, 0.5) is 5.69 Å². The van der Waals surface area contributed by atoms with E-state index in [-0.39, 0.29) is 0 Å². The molecule has 1 aliphatic carbocycles. The summed E-state index contributed by atoms with van der Waals surface area (Å²) in [6.07, 6.45) is 3.90. The molecule has 100 valence electrons. The molecule has 0 bridgehead atoms. The van der Waals surface area contributed by atoms with E-state index in [0.717, 1.165) is 5.92 Å². The van der Waals surface area contributed by atoms with Crippen LogP contribution in [0.3, 0.4) is 0 Å². The van der Waals surface area contributed by atoms with Gasteiger partial charge in [0.2, 0.25) is 0 Å². The number of aryl methyl sites for hydroxylation is 1. The van der Waals surface area contributed by atoms with Crippen molar-refractivity contribution in [1.29, 1.82) is 0 Å². The molecule has 0 amide bonds. The standard InChI is InChI=1S/C16H24BrN/c1-11-6-5-7-14(15(11)17)18-13-8-9-16(3,4)10-12(13)2/h5-7,12-13,18H,8-10H2,1-4H3. The minimum absolute atomic E-state index is 0.515. The van der Waals surface area contributed by atoms with Crippen LogP contribution in [0.5, 0.6) is 0 Å². The predicted octanol–water partition coefficient (Wildman–Crippen LogP) is 5.38. The van der Waals surface area contributed by atoms with E-state index in [2.05, 4.69) is 67.1 Å². The first-order valence-corrected chi connectivity index (χ1v) is 7.70. The molecule has 0 aliphatic heterocycles. The second kappa shape index (κ2) is 5.24. The molecule has 2 atom stereocenters. The molecule has 0 saturated heterocycles. The van der Waals surface area contributed by atoms with E-state index in [9.17, 15) is 0 Å². The summed E-state index contributed by atoms with van der Waals surface area (Å²) in [6, 6.07) is 7.04. The van der Waals surface area contributed by atoms with E-state index in [1.165, 1.54) is 35.0 Å². The van der Waals surface area contributed by atoms with Crippen molar-refractivity contribution in [2.45, 2.75) is 53.0 Å². The summed E-state index contributed by atoms with van der Waals surface area (Å²) in [5.74, 6) is 0.737. The normalized spacial score (nSPS) is 26.9. The Morgan fingerprint density at radius 1 is 1.33 bits per heavy atom. The van der Waals surface area contributed by atoms with Gasteiger partial charge in [-0.3, -0.25) is 0 Å². The van der Waals surface area contributed by atoms with Crippen LogP contribution >= 0.6 is 15.9 Å². The van der Waals surface area contributed by atoms with E-state index in [0.29, 0.717) is 11.5 Å². The van der Waals surface area contributed by atoms with Crippen LogP contribution in [0, 0.1) is 18.3 Å². The van der Waals surface area contributed by atoms with Gasteiger partial charge in [0.1, 0.15) is 0 Å². The molecular formula is C16H24BrN. The largest absolute Gasteiger partial charge is 0.381 e. The van der Waals surface area contributed by atoms with Gasteiger partial charge in [0.25, 0.3) is 0 Å². The smallest absolute Gasteiger partial charge is 0.0489 e. The van der Waals surface area contributed by atoms with E-state index < -0.39 is 0 Å². The van der Waals surface area contributed by atoms with Crippen molar-refractivity contribution in [3.63, 3.8) is 0 Å². The lowest BCUT2D eigenvalue weighted by Gasteiger charge is -2.40. The maximum Gasteiger partial charge on any atom is 0.0489 e. The average molecular weight is 310 g/mol. The number of halogens is 1. The summed E-state index contributed by atoms with van der Waals surface area (Å²) in [7, 11) is 0. The maximum atomic E-state index is 3.73. The second-order valence-corrected chi connectivity index (χ2v) is 7.36. The van der Waals surface area contributed by atoms with E-state index in [1.807, 2.05) is 0 Å². The van der Waals surface area contributed by atoms with Gasteiger partial charge >= 0.3 is 0 Å². The summed E-state index contributed by atoms with van der Waals surface area (Å²) < 4.78 is 1.21. The molecule has 0 radical (unpaired) electrons. The highest BCUT2D eigenvalue weighted by atomic mass is 79.9. The van der Waals surface area contributed by atoms with Crippen LogP contribution in [0.2, 0.25) is 0 Å². The fourth-order valence-electron chi connectivity index (χ4n) is 3.12. The molecule has 2 heteroatoms. The first-order valence-electron chi connectivity index (χ1n) is 6.91. The highest BCUT2D eigenvalue weighted by molar-refractivity contribution is 9.10. The van der Waals surface area contributed by atoms with E-state index >= 15 is 0 Å². The van der Waals surface area contributed by atoms with Crippen LogP contribution in [0.25, 0.3) is 0 Å². The van der Waals surface area contributed by atoms with Crippen molar-refractivity contribution in [3.8, 4) is 0 Å². The van der Waals surface area contributed by atoms with Crippen molar-refractivity contribution in [2.75, 3.05) is 5.32 Å². The first kappa shape index (κ1) is 13.9. The molecule has 0 heterocycles. The number of rotatable bonds is 2. The van der Waals surface area contributed by atoms with Crippen LogP contribution < -0.4 is 5.32 Å². The Bertz CT molecular complexity index is 425. The van der Waals surface area contributed by atoms with Gasteiger partial charge in [-0.15, -0.1) is 0 Å². The van der Waals surface area contributed by atoms with Crippen LogP contribution in [0.1, 0.15) is 45.6 Å². The highest BCUT2D eigenvalue weighted by Crippen LogP contribution is 2.40. The molecule has 1 N–H and O–H groups in total. The van der Waals surface area contributed by atoms with Crippen LogP contribution in [-0.2, 0) is 0 Å². The van der Waals surface area contributed by atoms with Crippen molar-refractivity contribution in [1.82, 2.24) is 0 Å². The molecule has 0 spiro atoms. The van der Waals surface area contributed by atoms with Gasteiger partial charge in [-0.25, -0.2) is 0 Å². The summed E-state index contributed by atoms with van der Waals surface area (Å²) in [6.45, 7) is 9.30. The molecule has 1 nitrogen and oxygen atoms in total. The summed E-state index contributed by atoms with van der Waals surface area (Å²) in [5, 5.41) is 3.73. The van der Waals surface area contributed by atoms with Gasteiger partial charge < -0.3 is 5.32 Å². The first-order chi connectivity index (χ1) is 8.39. The molecule has 1 aromatic carbocycles. The third kappa shape index (κ3) is 3.09. The van der Waals surface area contributed by atoms with E-state index in [4.69, 9.17) is 0 Å². The van der Waals surface area contributed by atoms with Gasteiger partial charge in [-0.1, -0.05) is 32.9 Å².